The summed E-state index contributed by atoms with van der Waals surface area (Å²) in [7, 11) is 0. The third-order valence-corrected chi connectivity index (χ3v) is 7.55. The lowest BCUT2D eigenvalue weighted by atomic mass is 9.79. The van der Waals surface area contributed by atoms with Crippen molar-refractivity contribution in [1.82, 2.24) is 9.55 Å². The Bertz CT molecular complexity index is 1930. The standard InChI is InChI=1S/C32H22N2O5/c1-17-14-26(35)38-25-13-18(2)24(16-21(17)25)34-29-23(33-30(34)20-11-7-4-8-12-20)15-22-28(32(37)39-31(22)36)27(29)19-9-5-3-6-10-19/h3-14,16,27H,15H2,1-2H3. The Morgan fingerprint density at radius 1 is 0.846 bits per heavy atom. The van der Waals surface area contributed by atoms with E-state index in [-0.39, 0.29) is 6.42 Å². The van der Waals surface area contributed by atoms with Crippen LogP contribution in [-0.4, -0.2) is 21.5 Å². The van der Waals surface area contributed by atoms with E-state index < -0.39 is 23.5 Å². The number of carbonyl (C=O) groups excluding carboxylic acids is 2. The van der Waals surface area contributed by atoms with Gasteiger partial charge in [-0.25, -0.2) is 19.4 Å². The minimum absolute atomic E-state index is 0.200. The highest BCUT2D eigenvalue weighted by molar-refractivity contribution is 6.14. The average Bonchev–Trinajstić information content (AvgIpc) is 3.44. The van der Waals surface area contributed by atoms with E-state index in [2.05, 4.69) is 4.57 Å². The number of imidazole rings is 1. The van der Waals surface area contributed by atoms with Crippen molar-refractivity contribution in [3.63, 3.8) is 0 Å². The van der Waals surface area contributed by atoms with E-state index in [0.29, 0.717) is 28.2 Å². The molecule has 0 fully saturated rings. The van der Waals surface area contributed by atoms with Gasteiger partial charge in [0.15, 0.2) is 0 Å². The van der Waals surface area contributed by atoms with Crippen molar-refractivity contribution in [3.8, 4) is 17.1 Å². The smallest absolute Gasteiger partial charge is 0.343 e. The molecule has 1 unspecified atom stereocenters. The topological polar surface area (TPSA) is 91.4 Å². The average molecular weight is 515 g/mol. The van der Waals surface area contributed by atoms with Crippen molar-refractivity contribution in [3.05, 3.63) is 129 Å². The maximum atomic E-state index is 13.1. The zero-order chi connectivity index (χ0) is 26.8. The number of carbonyl (C=O) groups is 2. The molecule has 1 aliphatic heterocycles. The Morgan fingerprint density at radius 3 is 2.31 bits per heavy atom. The summed E-state index contributed by atoms with van der Waals surface area (Å²) in [6, 6.07) is 24.8. The summed E-state index contributed by atoms with van der Waals surface area (Å²) in [5.74, 6) is -1.08. The molecule has 0 saturated heterocycles. The Labute approximate surface area is 223 Å². The molecule has 0 radical (unpaired) electrons. The number of aromatic nitrogens is 2. The van der Waals surface area contributed by atoms with Gasteiger partial charge in [0.05, 0.1) is 34.1 Å². The monoisotopic (exact) mass is 514 g/mol. The number of esters is 2. The first kappa shape index (κ1) is 23.1. The molecule has 0 amide bonds. The molecule has 39 heavy (non-hydrogen) atoms. The minimum Gasteiger partial charge on any atom is -0.423 e. The molecule has 3 aromatic carbocycles. The van der Waals surface area contributed by atoms with Crippen molar-refractivity contribution in [2.75, 3.05) is 0 Å². The van der Waals surface area contributed by atoms with Crippen molar-refractivity contribution in [2.45, 2.75) is 26.2 Å². The van der Waals surface area contributed by atoms with Crippen LogP contribution in [0.3, 0.4) is 0 Å². The van der Waals surface area contributed by atoms with Crippen molar-refractivity contribution < 1.29 is 18.7 Å². The maximum Gasteiger partial charge on any atom is 0.343 e. The van der Waals surface area contributed by atoms with Gasteiger partial charge >= 0.3 is 17.6 Å². The number of ether oxygens (including phenoxy) is 1. The number of hydrogen-bond acceptors (Lipinski definition) is 6. The second-order valence-electron chi connectivity index (χ2n) is 9.94. The minimum atomic E-state index is -0.614. The number of fused-ring (bicyclic) bond motifs is 2. The molecule has 7 heteroatoms. The first-order valence-electron chi connectivity index (χ1n) is 12.7. The van der Waals surface area contributed by atoms with Crippen LogP contribution in [0.2, 0.25) is 0 Å². The Balaban J connectivity index is 1.59. The highest BCUT2D eigenvalue weighted by Gasteiger charge is 2.45. The molecule has 0 spiro atoms. The van der Waals surface area contributed by atoms with Crippen molar-refractivity contribution >= 4 is 22.9 Å². The normalized spacial score (nSPS) is 16.4. The Morgan fingerprint density at radius 2 is 1.56 bits per heavy atom. The van der Waals surface area contributed by atoms with Crippen LogP contribution in [0, 0.1) is 13.8 Å². The van der Waals surface area contributed by atoms with Crippen LogP contribution in [-0.2, 0) is 20.7 Å². The van der Waals surface area contributed by atoms with E-state index in [1.54, 1.807) is 0 Å². The van der Waals surface area contributed by atoms with Gasteiger partial charge in [0.2, 0.25) is 0 Å². The Kier molecular flexibility index (Phi) is 5.03. The SMILES string of the molecule is Cc1cc2oc(=O)cc(C)c2cc1-n1c(-c2ccccc2)nc2c1C(c1ccccc1)C1=C(C2)C(=O)OC1=O. The van der Waals surface area contributed by atoms with E-state index in [1.807, 2.05) is 86.6 Å². The molecule has 3 heterocycles. The van der Waals surface area contributed by atoms with Crippen LogP contribution < -0.4 is 5.63 Å². The lowest BCUT2D eigenvalue weighted by molar-refractivity contribution is -0.151. The van der Waals surface area contributed by atoms with E-state index in [1.165, 1.54) is 6.07 Å². The van der Waals surface area contributed by atoms with Crippen molar-refractivity contribution in [2.24, 2.45) is 0 Å². The molecule has 2 aliphatic rings. The fourth-order valence-electron chi connectivity index (χ4n) is 5.79. The van der Waals surface area contributed by atoms with Crippen LogP contribution >= 0.6 is 0 Å². The van der Waals surface area contributed by atoms with Gasteiger partial charge in [-0.05, 0) is 42.7 Å². The molecular weight excluding hydrogens is 492 g/mol. The first-order valence-corrected chi connectivity index (χ1v) is 12.7. The van der Waals surface area contributed by atoms with E-state index in [9.17, 15) is 14.4 Å². The first-order chi connectivity index (χ1) is 18.9. The highest BCUT2D eigenvalue weighted by Crippen LogP contribution is 2.46. The molecule has 2 aromatic heterocycles. The third-order valence-electron chi connectivity index (χ3n) is 7.55. The van der Waals surface area contributed by atoms with Crippen LogP contribution in [0.4, 0.5) is 0 Å². The van der Waals surface area contributed by atoms with Gasteiger partial charge in [-0.3, -0.25) is 4.57 Å². The van der Waals surface area contributed by atoms with Crippen LogP contribution in [0.15, 0.2) is 99.2 Å². The fourth-order valence-corrected chi connectivity index (χ4v) is 5.79. The van der Waals surface area contributed by atoms with Crippen LogP contribution in [0.5, 0.6) is 0 Å². The van der Waals surface area contributed by atoms with Gasteiger partial charge in [-0.2, -0.15) is 0 Å². The molecular formula is C32H22N2O5. The van der Waals surface area contributed by atoms with Crippen molar-refractivity contribution in [1.29, 1.82) is 0 Å². The second-order valence-corrected chi connectivity index (χ2v) is 9.94. The summed E-state index contributed by atoms with van der Waals surface area (Å²) < 4.78 is 12.7. The fraction of sp³-hybridized carbons (Fsp3) is 0.125. The van der Waals surface area contributed by atoms with E-state index in [0.717, 1.165) is 39.0 Å². The number of cyclic esters (lactones) is 2. The largest absolute Gasteiger partial charge is 0.423 e. The zero-order valence-corrected chi connectivity index (χ0v) is 21.2. The number of hydrogen-bond donors (Lipinski definition) is 0. The molecule has 7 nitrogen and oxygen atoms in total. The molecule has 0 bridgehead atoms. The number of nitrogens with zero attached hydrogens (tertiary/aromatic N) is 2. The maximum absolute atomic E-state index is 13.1. The summed E-state index contributed by atoms with van der Waals surface area (Å²) in [4.78, 5) is 43.0. The molecule has 0 saturated carbocycles. The van der Waals surface area contributed by atoms with Gasteiger partial charge in [0, 0.05) is 23.4 Å². The summed E-state index contributed by atoms with van der Waals surface area (Å²) in [6.07, 6.45) is 0.200. The predicted octanol–water partition coefficient (Wildman–Crippen LogP) is 5.33. The summed E-state index contributed by atoms with van der Waals surface area (Å²) in [5, 5.41) is 0.805. The number of aryl methyl sites for hydroxylation is 2. The lowest BCUT2D eigenvalue weighted by Crippen LogP contribution is -2.21. The van der Waals surface area contributed by atoms with Gasteiger partial charge in [-0.1, -0.05) is 60.7 Å². The highest BCUT2D eigenvalue weighted by atomic mass is 16.6. The molecule has 190 valence electrons. The second kappa shape index (κ2) is 8.49. The lowest BCUT2D eigenvalue weighted by Gasteiger charge is -2.26. The molecule has 5 aromatic rings. The van der Waals surface area contributed by atoms with E-state index in [4.69, 9.17) is 14.1 Å². The number of benzene rings is 3. The summed E-state index contributed by atoms with van der Waals surface area (Å²) in [6.45, 7) is 3.83. The summed E-state index contributed by atoms with van der Waals surface area (Å²) >= 11 is 0. The molecule has 0 N–H and O–H groups in total. The van der Waals surface area contributed by atoms with Gasteiger partial charge in [0.25, 0.3) is 0 Å². The molecule has 1 atom stereocenters. The van der Waals surface area contributed by atoms with E-state index >= 15 is 0 Å². The van der Waals surface area contributed by atoms with Crippen LogP contribution in [0.25, 0.3) is 28.0 Å². The summed E-state index contributed by atoms with van der Waals surface area (Å²) in [5.41, 5.74) is 6.61. The zero-order valence-electron chi connectivity index (χ0n) is 21.2. The third kappa shape index (κ3) is 3.50. The predicted molar refractivity (Wildman–Crippen MR) is 145 cm³/mol. The van der Waals surface area contributed by atoms with Crippen LogP contribution in [0.1, 0.15) is 34.0 Å². The molecule has 7 rings (SSSR count). The Hall–Kier alpha value is -5.04. The van der Waals surface area contributed by atoms with Gasteiger partial charge in [0.1, 0.15) is 11.4 Å². The molecule has 1 aliphatic carbocycles. The van der Waals surface area contributed by atoms with Gasteiger partial charge < -0.3 is 9.15 Å². The quantitative estimate of drug-likeness (QED) is 0.184. The van der Waals surface area contributed by atoms with Gasteiger partial charge in [-0.15, -0.1) is 0 Å². The number of rotatable bonds is 3.